The highest BCUT2D eigenvalue weighted by atomic mass is 16.3. The van der Waals surface area contributed by atoms with Gasteiger partial charge >= 0.3 is 0 Å². The highest BCUT2D eigenvalue weighted by Gasteiger charge is 2.09. The number of furan rings is 1. The Balaban J connectivity index is 1.89. The molecule has 0 aliphatic carbocycles. The fourth-order valence-corrected chi connectivity index (χ4v) is 2.30. The van der Waals surface area contributed by atoms with Crippen molar-refractivity contribution in [1.82, 2.24) is 9.97 Å². The number of aromatic nitrogens is 2. The number of nitrogens with zero attached hydrogens (tertiary/aromatic N) is 2. The first kappa shape index (κ1) is 11.7. The Kier molecular flexibility index (Phi) is 2.48. The van der Waals surface area contributed by atoms with E-state index in [1.54, 1.807) is 0 Å². The third kappa shape index (κ3) is 1.94. The fraction of sp³-hybridized carbons (Fsp3) is 0. The van der Waals surface area contributed by atoms with Gasteiger partial charge in [0.15, 0.2) is 0 Å². The molecule has 0 saturated heterocycles. The molecule has 21 heavy (non-hydrogen) atoms. The van der Waals surface area contributed by atoms with Gasteiger partial charge in [0, 0.05) is 17.2 Å². The zero-order chi connectivity index (χ0) is 14.2. The van der Waals surface area contributed by atoms with Crippen molar-refractivity contribution in [3.8, 4) is 23.7 Å². The van der Waals surface area contributed by atoms with Crippen molar-refractivity contribution in [3.63, 3.8) is 0 Å². The molecule has 3 nitrogen and oxygen atoms in total. The molecule has 98 valence electrons. The third-order valence-electron chi connectivity index (χ3n) is 3.37. The van der Waals surface area contributed by atoms with Crippen LogP contribution in [-0.2, 0) is 0 Å². The average Bonchev–Trinajstić information content (AvgIpc) is 2.95. The maximum Gasteiger partial charge on any atom is 0.246 e. The van der Waals surface area contributed by atoms with Gasteiger partial charge in [-0.05, 0) is 36.4 Å². The topological polar surface area (TPSA) is 38.9 Å². The van der Waals surface area contributed by atoms with Crippen LogP contribution in [-0.4, -0.2) is 9.97 Å². The lowest BCUT2D eigenvalue weighted by Gasteiger charge is -1.96. The largest absolute Gasteiger partial charge is 0.436 e. The molecule has 0 amide bonds. The molecule has 0 aliphatic heterocycles. The molecule has 0 radical (unpaired) electrons. The second-order valence-corrected chi connectivity index (χ2v) is 4.74. The second kappa shape index (κ2) is 4.46. The smallest absolute Gasteiger partial charge is 0.246 e. The summed E-state index contributed by atoms with van der Waals surface area (Å²) in [4.78, 5) is 9.07. The molecule has 4 aromatic rings. The minimum Gasteiger partial charge on any atom is -0.436 e. The zero-order valence-corrected chi connectivity index (χ0v) is 11.1. The van der Waals surface area contributed by atoms with Crippen molar-refractivity contribution in [2.75, 3.05) is 0 Å². The van der Waals surface area contributed by atoms with Crippen molar-refractivity contribution in [2.24, 2.45) is 0 Å². The third-order valence-corrected chi connectivity index (χ3v) is 3.37. The van der Waals surface area contributed by atoms with Crippen LogP contribution in [0.3, 0.4) is 0 Å². The first-order chi connectivity index (χ1) is 10.3. The van der Waals surface area contributed by atoms with Gasteiger partial charge in [-0.2, -0.15) is 0 Å². The standard InChI is InChI=1S/C18H10N2O/c1-2-12-7-9-13(10-8-12)17-11-16-18(21-17)20-15-6-4-3-5-14(15)19-16/h1,3-11H. The molecule has 2 aromatic carbocycles. The van der Waals surface area contributed by atoms with E-state index in [9.17, 15) is 0 Å². The predicted octanol–water partition coefficient (Wildman–Crippen LogP) is 4.02. The maximum atomic E-state index is 5.81. The predicted molar refractivity (Wildman–Crippen MR) is 82.7 cm³/mol. The van der Waals surface area contributed by atoms with E-state index in [0.29, 0.717) is 5.71 Å². The maximum absolute atomic E-state index is 5.81. The van der Waals surface area contributed by atoms with E-state index >= 15 is 0 Å². The van der Waals surface area contributed by atoms with E-state index in [2.05, 4.69) is 15.9 Å². The van der Waals surface area contributed by atoms with E-state index in [-0.39, 0.29) is 0 Å². The van der Waals surface area contributed by atoms with E-state index in [1.165, 1.54) is 0 Å². The van der Waals surface area contributed by atoms with Gasteiger partial charge in [0.05, 0.1) is 11.0 Å². The SMILES string of the molecule is C#Cc1ccc(-c2cc3nc4ccccc4nc3o2)cc1. The number of fused-ring (bicyclic) bond motifs is 2. The van der Waals surface area contributed by atoms with Gasteiger partial charge in [0.25, 0.3) is 0 Å². The summed E-state index contributed by atoms with van der Waals surface area (Å²) < 4.78 is 5.81. The Morgan fingerprint density at radius 3 is 2.29 bits per heavy atom. The molecule has 0 bridgehead atoms. The van der Waals surface area contributed by atoms with Crippen LogP contribution in [0.25, 0.3) is 33.6 Å². The summed E-state index contributed by atoms with van der Waals surface area (Å²) in [6.45, 7) is 0. The van der Waals surface area contributed by atoms with Crippen molar-refractivity contribution < 1.29 is 4.42 Å². The molecule has 0 fully saturated rings. The van der Waals surface area contributed by atoms with Crippen LogP contribution in [0.1, 0.15) is 5.56 Å². The Labute approximate surface area is 121 Å². The fourth-order valence-electron chi connectivity index (χ4n) is 2.30. The summed E-state index contributed by atoms with van der Waals surface area (Å²) in [6.07, 6.45) is 5.36. The summed E-state index contributed by atoms with van der Waals surface area (Å²) >= 11 is 0. The van der Waals surface area contributed by atoms with E-state index < -0.39 is 0 Å². The van der Waals surface area contributed by atoms with Gasteiger partial charge in [-0.1, -0.05) is 18.1 Å². The molecule has 0 unspecified atom stereocenters. The summed E-state index contributed by atoms with van der Waals surface area (Å²) in [6, 6.07) is 17.3. The van der Waals surface area contributed by atoms with Crippen LogP contribution < -0.4 is 0 Å². The van der Waals surface area contributed by atoms with Crippen LogP contribution in [0.15, 0.2) is 59.0 Å². The van der Waals surface area contributed by atoms with E-state index in [4.69, 9.17) is 10.8 Å². The van der Waals surface area contributed by atoms with Crippen molar-refractivity contribution >= 4 is 22.3 Å². The summed E-state index contributed by atoms with van der Waals surface area (Å²) in [7, 11) is 0. The quantitative estimate of drug-likeness (QED) is 0.490. The average molecular weight is 270 g/mol. The lowest BCUT2D eigenvalue weighted by Crippen LogP contribution is -1.82. The number of benzene rings is 2. The van der Waals surface area contributed by atoms with E-state index in [1.807, 2.05) is 54.6 Å². The lowest BCUT2D eigenvalue weighted by molar-refractivity contribution is 0.619. The number of para-hydroxylation sites is 2. The van der Waals surface area contributed by atoms with Gasteiger partial charge in [-0.3, -0.25) is 0 Å². The number of hydrogen-bond acceptors (Lipinski definition) is 3. The van der Waals surface area contributed by atoms with Crippen molar-refractivity contribution in [2.45, 2.75) is 0 Å². The molecule has 2 heterocycles. The Hall–Kier alpha value is -3.12. The Morgan fingerprint density at radius 1 is 0.857 bits per heavy atom. The molecule has 0 spiro atoms. The summed E-state index contributed by atoms with van der Waals surface area (Å²) in [5, 5.41) is 0. The Bertz CT molecular complexity index is 939. The molecule has 0 atom stereocenters. The number of terminal acetylenes is 1. The summed E-state index contributed by atoms with van der Waals surface area (Å²) in [5.74, 6) is 3.34. The van der Waals surface area contributed by atoms with Crippen LogP contribution in [0, 0.1) is 12.3 Å². The Morgan fingerprint density at radius 2 is 1.57 bits per heavy atom. The minimum absolute atomic E-state index is 0.546. The van der Waals surface area contributed by atoms with Gasteiger partial charge in [0.2, 0.25) is 5.71 Å². The van der Waals surface area contributed by atoms with Crippen molar-refractivity contribution in [3.05, 3.63) is 60.2 Å². The second-order valence-electron chi connectivity index (χ2n) is 4.74. The van der Waals surface area contributed by atoms with Crippen LogP contribution in [0.2, 0.25) is 0 Å². The van der Waals surface area contributed by atoms with E-state index in [0.717, 1.165) is 33.4 Å². The highest BCUT2D eigenvalue weighted by Crippen LogP contribution is 2.27. The molecule has 2 aromatic heterocycles. The van der Waals surface area contributed by atoms with Crippen LogP contribution in [0.5, 0.6) is 0 Å². The van der Waals surface area contributed by atoms with Crippen molar-refractivity contribution in [1.29, 1.82) is 0 Å². The zero-order valence-electron chi connectivity index (χ0n) is 11.1. The molecule has 4 rings (SSSR count). The molecular formula is C18H10N2O. The molecule has 3 heteroatoms. The minimum atomic E-state index is 0.546. The van der Waals surface area contributed by atoms with Gasteiger partial charge in [0.1, 0.15) is 11.3 Å². The van der Waals surface area contributed by atoms with Gasteiger partial charge < -0.3 is 4.42 Å². The first-order valence-electron chi connectivity index (χ1n) is 6.57. The summed E-state index contributed by atoms with van der Waals surface area (Å²) in [5.41, 5.74) is 4.79. The number of hydrogen-bond donors (Lipinski definition) is 0. The molecular weight excluding hydrogens is 260 g/mol. The van der Waals surface area contributed by atoms with Gasteiger partial charge in [-0.15, -0.1) is 6.42 Å². The molecule has 0 N–H and O–H groups in total. The van der Waals surface area contributed by atoms with Crippen LogP contribution >= 0.6 is 0 Å². The van der Waals surface area contributed by atoms with Gasteiger partial charge in [-0.25, -0.2) is 9.97 Å². The monoisotopic (exact) mass is 270 g/mol. The molecule has 0 saturated carbocycles. The first-order valence-corrected chi connectivity index (χ1v) is 6.57. The molecule has 0 aliphatic rings. The lowest BCUT2D eigenvalue weighted by atomic mass is 10.1. The normalized spacial score (nSPS) is 10.8. The highest BCUT2D eigenvalue weighted by molar-refractivity contribution is 5.85. The number of rotatable bonds is 1. The van der Waals surface area contributed by atoms with Crippen LogP contribution in [0.4, 0.5) is 0 Å².